The fourth-order valence-corrected chi connectivity index (χ4v) is 2.09. The van der Waals surface area contributed by atoms with Gasteiger partial charge in [-0.05, 0) is 18.3 Å². The topological polar surface area (TPSA) is 23.5 Å². The van der Waals surface area contributed by atoms with Gasteiger partial charge in [0, 0.05) is 25.7 Å². The van der Waals surface area contributed by atoms with Gasteiger partial charge in [0.15, 0.2) is 0 Å². The predicted octanol–water partition coefficient (Wildman–Crippen LogP) is 1.35. The molecule has 0 spiro atoms. The Morgan fingerprint density at radius 1 is 1.42 bits per heavy atom. The molecule has 2 nitrogen and oxygen atoms in total. The number of hydrogen-bond donors (Lipinski definition) is 1. The Labute approximate surface area is 75.6 Å². The average Bonchev–Trinajstić information content (AvgIpc) is 1.94. The molecule has 0 aromatic heterocycles. The Morgan fingerprint density at radius 3 is 2.33 bits per heavy atom. The summed E-state index contributed by atoms with van der Waals surface area (Å²) in [4.78, 5) is 2.49. The van der Waals surface area contributed by atoms with E-state index >= 15 is 0 Å². The van der Waals surface area contributed by atoms with Gasteiger partial charge in [0.25, 0.3) is 0 Å². The molecule has 0 radical (unpaired) electrons. The van der Waals surface area contributed by atoms with Gasteiger partial charge in [0.05, 0.1) is 0 Å². The molecule has 12 heavy (non-hydrogen) atoms. The van der Waals surface area contributed by atoms with Crippen LogP contribution in [0.1, 0.15) is 27.2 Å². The summed E-state index contributed by atoms with van der Waals surface area (Å²) in [6, 6.07) is 0.603. The number of hydrogen-bond acceptors (Lipinski definition) is 2. The minimum atomic E-state index is 0.327. The van der Waals surface area contributed by atoms with Gasteiger partial charge in [-0.25, -0.2) is 0 Å². The second kappa shape index (κ2) is 4.24. The molecule has 72 valence electrons. The predicted molar refractivity (Wildman–Crippen MR) is 51.1 cm³/mol. The van der Waals surface area contributed by atoms with E-state index in [1.165, 1.54) is 13.1 Å². The molecule has 0 aromatic rings. The highest BCUT2D eigenvalue weighted by Crippen LogP contribution is 2.23. The van der Waals surface area contributed by atoms with E-state index in [1.54, 1.807) is 0 Å². The lowest BCUT2D eigenvalue weighted by atomic mass is 9.92. The van der Waals surface area contributed by atoms with Crippen LogP contribution < -0.4 is 0 Å². The minimum Gasteiger partial charge on any atom is -0.396 e. The van der Waals surface area contributed by atoms with Crippen molar-refractivity contribution < 1.29 is 5.11 Å². The molecule has 1 heterocycles. The first kappa shape index (κ1) is 10.0. The molecule has 0 aromatic carbocycles. The zero-order valence-electron chi connectivity index (χ0n) is 8.45. The maximum Gasteiger partial charge on any atom is 0.0446 e. The fraction of sp³-hybridized carbons (Fsp3) is 1.00. The maximum absolute atomic E-state index is 8.89. The Balaban J connectivity index is 2.33. The molecule has 1 saturated heterocycles. The summed E-state index contributed by atoms with van der Waals surface area (Å²) >= 11 is 0. The van der Waals surface area contributed by atoms with Gasteiger partial charge in [-0.3, -0.25) is 4.90 Å². The number of aliphatic hydroxyl groups excluding tert-OH is 1. The number of rotatable bonds is 4. The van der Waals surface area contributed by atoms with E-state index in [2.05, 4.69) is 25.7 Å². The van der Waals surface area contributed by atoms with Crippen LogP contribution in [0, 0.1) is 11.8 Å². The molecule has 0 bridgehead atoms. The Kier molecular flexibility index (Phi) is 3.53. The normalized spacial score (nSPS) is 22.8. The molecular weight excluding hydrogens is 150 g/mol. The van der Waals surface area contributed by atoms with Crippen molar-refractivity contribution in [2.45, 2.75) is 33.2 Å². The molecule has 1 aliphatic rings. The molecular formula is C10H21NO. The smallest absolute Gasteiger partial charge is 0.0446 e. The van der Waals surface area contributed by atoms with Crippen LogP contribution in [0.4, 0.5) is 0 Å². The monoisotopic (exact) mass is 171 g/mol. The van der Waals surface area contributed by atoms with Crippen LogP contribution >= 0.6 is 0 Å². The van der Waals surface area contributed by atoms with Crippen LogP contribution in [0.3, 0.4) is 0 Å². The van der Waals surface area contributed by atoms with Crippen molar-refractivity contribution in [3.63, 3.8) is 0 Å². The van der Waals surface area contributed by atoms with E-state index in [9.17, 15) is 0 Å². The quantitative estimate of drug-likeness (QED) is 0.690. The SMILES string of the molecule is CC1CN(C(CCO)C(C)C)C1. The first-order chi connectivity index (χ1) is 5.65. The van der Waals surface area contributed by atoms with Crippen molar-refractivity contribution >= 4 is 0 Å². The third-order valence-corrected chi connectivity index (χ3v) is 2.76. The van der Waals surface area contributed by atoms with Gasteiger partial charge in [0.2, 0.25) is 0 Å². The number of nitrogens with zero attached hydrogens (tertiary/aromatic N) is 1. The third-order valence-electron chi connectivity index (χ3n) is 2.76. The van der Waals surface area contributed by atoms with Crippen molar-refractivity contribution in [2.75, 3.05) is 19.7 Å². The lowest BCUT2D eigenvalue weighted by Gasteiger charge is -2.44. The second-order valence-electron chi connectivity index (χ2n) is 4.38. The highest BCUT2D eigenvalue weighted by atomic mass is 16.3. The molecule has 0 amide bonds. The average molecular weight is 171 g/mol. The lowest BCUT2D eigenvalue weighted by Crippen LogP contribution is -2.53. The van der Waals surface area contributed by atoms with E-state index in [1.807, 2.05) is 0 Å². The van der Waals surface area contributed by atoms with Gasteiger partial charge in [-0.2, -0.15) is 0 Å². The van der Waals surface area contributed by atoms with Crippen LogP contribution in [0.25, 0.3) is 0 Å². The van der Waals surface area contributed by atoms with Crippen LogP contribution in [-0.4, -0.2) is 35.7 Å². The van der Waals surface area contributed by atoms with Gasteiger partial charge >= 0.3 is 0 Å². The minimum absolute atomic E-state index is 0.327. The molecule has 1 rings (SSSR count). The Bertz CT molecular complexity index is 130. The highest BCUT2D eigenvalue weighted by molar-refractivity contribution is 4.84. The Morgan fingerprint density at radius 2 is 2.00 bits per heavy atom. The Hall–Kier alpha value is -0.0800. The van der Waals surface area contributed by atoms with Crippen LogP contribution in [-0.2, 0) is 0 Å². The van der Waals surface area contributed by atoms with Gasteiger partial charge in [0.1, 0.15) is 0 Å². The van der Waals surface area contributed by atoms with Crippen molar-refractivity contribution in [2.24, 2.45) is 11.8 Å². The van der Waals surface area contributed by atoms with Crippen molar-refractivity contribution in [1.29, 1.82) is 0 Å². The van der Waals surface area contributed by atoms with E-state index in [-0.39, 0.29) is 0 Å². The molecule has 0 aliphatic carbocycles. The van der Waals surface area contributed by atoms with E-state index in [0.29, 0.717) is 18.6 Å². The summed E-state index contributed by atoms with van der Waals surface area (Å²) in [6.07, 6.45) is 0.935. The zero-order chi connectivity index (χ0) is 9.14. The molecule has 1 N–H and O–H groups in total. The molecule has 0 saturated carbocycles. The summed E-state index contributed by atoms with van der Waals surface area (Å²) in [7, 11) is 0. The maximum atomic E-state index is 8.89. The van der Waals surface area contributed by atoms with Gasteiger partial charge in [-0.15, -0.1) is 0 Å². The van der Waals surface area contributed by atoms with E-state index in [0.717, 1.165) is 12.3 Å². The second-order valence-corrected chi connectivity index (χ2v) is 4.38. The number of likely N-dealkylation sites (tertiary alicyclic amines) is 1. The molecule has 1 fully saturated rings. The fourth-order valence-electron chi connectivity index (χ4n) is 2.09. The summed E-state index contributed by atoms with van der Waals surface area (Å²) in [5.41, 5.74) is 0. The number of aliphatic hydroxyl groups is 1. The van der Waals surface area contributed by atoms with Gasteiger partial charge in [-0.1, -0.05) is 20.8 Å². The largest absolute Gasteiger partial charge is 0.396 e. The third kappa shape index (κ3) is 2.20. The van der Waals surface area contributed by atoms with Crippen LogP contribution in [0.2, 0.25) is 0 Å². The molecule has 1 aliphatic heterocycles. The summed E-state index contributed by atoms with van der Waals surface area (Å²) in [5.74, 6) is 1.54. The molecule has 2 heteroatoms. The van der Waals surface area contributed by atoms with Crippen molar-refractivity contribution in [1.82, 2.24) is 4.90 Å². The summed E-state index contributed by atoms with van der Waals surface area (Å²) in [5, 5.41) is 8.89. The highest BCUT2D eigenvalue weighted by Gasteiger charge is 2.30. The van der Waals surface area contributed by atoms with Crippen molar-refractivity contribution in [3.05, 3.63) is 0 Å². The first-order valence-corrected chi connectivity index (χ1v) is 5.00. The van der Waals surface area contributed by atoms with E-state index < -0.39 is 0 Å². The summed E-state index contributed by atoms with van der Waals surface area (Å²) < 4.78 is 0. The lowest BCUT2D eigenvalue weighted by molar-refractivity contribution is 0.0272. The zero-order valence-corrected chi connectivity index (χ0v) is 8.45. The summed E-state index contributed by atoms with van der Waals surface area (Å²) in [6.45, 7) is 9.54. The van der Waals surface area contributed by atoms with Crippen LogP contribution in [0.15, 0.2) is 0 Å². The van der Waals surface area contributed by atoms with Crippen molar-refractivity contribution in [3.8, 4) is 0 Å². The standard InChI is InChI=1S/C10H21NO/c1-8(2)10(4-5-12)11-6-9(3)7-11/h8-10,12H,4-7H2,1-3H3. The molecule has 1 atom stereocenters. The van der Waals surface area contributed by atoms with Crippen LogP contribution in [0.5, 0.6) is 0 Å². The molecule has 1 unspecified atom stereocenters. The first-order valence-electron chi connectivity index (χ1n) is 5.00. The van der Waals surface area contributed by atoms with E-state index in [4.69, 9.17) is 5.11 Å². The van der Waals surface area contributed by atoms with Gasteiger partial charge < -0.3 is 5.11 Å².